The average molecular weight is 208 g/mol. The molecule has 1 rings (SSSR count). The molecular weight excluding hydrogens is 196 g/mol. The van der Waals surface area contributed by atoms with E-state index in [4.69, 9.17) is 5.26 Å². The molecule has 14 heavy (non-hydrogen) atoms. The Morgan fingerprint density at radius 1 is 1.71 bits per heavy atom. The van der Waals surface area contributed by atoms with E-state index in [2.05, 4.69) is 18.3 Å². The molecule has 0 aliphatic rings. The lowest BCUT2D eigenvalue weighted by atomic mass is 10.2. The van der Waals surface area contributed by atoms with Gasteiger partial charge in [0.1, 0.15) is 11.1 Å². The van der Waals surface area contributed by atoms with E-state index >= 15 is 0 Å². The molecule has 1 N–H and O–H groups in total. The monoisotopic (exact) mass is 208 g/mol. The summed E-state index contributed by atoms with van der Waals surface area (Å²) in [5, 5.41) is 12.0. The van der Waals surface area contributed by atoms with Crippen molar-refractivity contribution in [2.24, 2.45) is 0 Å². The molecular formula is C10H12N2OS. The van der Waals surface area contributed by atoms with Crippen molar-refractivity contribution in [3.63, 3.8) is 0 Å². The van der Waals surface area contributed by atoms with Gasteiger partial charge in [-0.15, -0.1) is 11.3 Å². The lowest BCUT2D eigenvalue weighted by Gasteiger charge is -1.92. The van der Waals surface area contributed by atoms with Crippen LogP contribution in [0.15, 0.2) is 6.07 Å². The second-order valence-corrected chi connectivity index (χ2v) is 4.07. The highest BCUT2D eigenvalue weighted by Gasteiger charge is 2.07. The molecule has 4 heteroatoms. The van der Waals surface area contributed by atoms with Crippen molar-refractivity contribution < 1.29 is 4.79 Å². The minimum atomic E-state index is 0.563. The van der Waals surface area contributed by atoms with Crippen LogP contribution in [-0.4, -0.2) is 6.41 Å². The lowest BCUT2D eigenvalue weighted by Crippen LogP contribution is -1.91. The summed E-state index contributed by atoms with van der Waals surface area (Å²) in [6, 6.07) is 3.92. The van der Waals surface area contributed by atoms with Crippen LogP contribution >= 0.6 is 11.3 Å². The minimum absolute atomic E-state index is 0.563. The Morgan fingerprint density at radius 2 is 2.50 bits per heavy atom. The third-order valence-electron chi connectivity index (χ3n) is 1.87. The maximum atomic E-state index is 10.3. The van der Waals surface area contributed by atoms with E-state index in [1.807, 2.05) is 6.07 Å². The molecule has 0 saturated carbocycles. The van der Waals surface area contributed by atoms with Crippen LogP contribution in [0.5, 0.6) is 0 Å². The first-order chi connectivity index (χ1) is 6.81. The zero-order valence-corrected chi connectivity index (χ0v) is 8.86. The summed E-state index contributed by atoms with van der Waals surface area (Å²) in [5.74, 6) is 0. The first-order valence-corrected chi connectivity index (χ1v) is 5.36. The highest BCUT2D eigenvalue weighted by Crippen LogP contribution is 2.28. The zero-order chi connectivity index (χ0) is 10.4. The summed E-state index contributed by atoms with van der Waals surface area (Å²) in [4.78, 5) is 11.4. The van der Waals surface area contributed by atoms with E-state index in [0.717, 1.165) is 24.1 Å². The summed E-state index contributed by atoms with van der Waals surface area (Å²) in [6.45, 7) is 2.13. The van der Waals surface area contributed by atoms with Crippen molar-refractivity contribution in [3.8, 4) is 6.07 Å². The topological polar surface area (TPSA) is 52.9 Å². The highest BCUT2D eigenvalue weighted by molar-refractivity contribution is 7.16. The number of thiophene rings is 1. The van der Waals surface area contributed by atoms with Crippen LogP contribution in [-0.2, 0) is 11.2 Å². The number of carbonyl (C=O) groups is 1. The molecule has 0 bridgehead atoms. The van der Waals surface area contributed by atoms with Crippen molar-refractivity contribution >= 4 is 22.7 Å². The van der Waals surface area contributed by atoms with Gasteiger partial charge in [0.2, 0.25) is 6.41 Å². The molecule has 0 radical (unpaired) electrons. The summed E-state index contributed by atoms with van der Waals surface area (Å²) in [6.07, 6.45) is 3.84. The third-order valence-corrected chi connectivity index (χ3v) is 3.00. The third kappa shape index (κ3) is 2.57. The fourth-order valence-electron chi connectivity index (χ4n) is 1.16. The average Bonchev–Trinajstić information content (AvgIpc) is 2.58. The summed E-state index contributed by atoms with van der Waals surface area (Å²) >= 11 is 1.48. The predicted molar refractivity (Wildman–Crippen MR) is 57.3 cm³/mol. The molecule has 0 saturated heterocycles. The Morgan fingerprint density at radius 3 is 3.07 bits per heavy atom. The molecule has 3 nitrogen and oxygen atoms in total. The molecule has 0 aliphatic carbocycles. The van der Waals surface area contributed by atoms with Crippen LogP contribution in [0.3, 0.4) is 0 Å². The molecule has 1 aromatic rings. The first-order valence-electron chi connectivity index (χ1n) is 4.54. The van der Waals surface area contributed by atoms with Crippen LogP contribution in [0.1, 0.15) is 30.2 Å². The number of unbranched alkanes of at least 4 members (excludes halogenated alkanes) is 1. The van der Waals surface area contributed by atoms with Gasteiger partial charge in [-0.25, -0.2) is 0 Å². The Kier molecular flexibility index (Phi) is 4.14. The maximum Gasteiger partial charge on any atom is 0.212 e. The SMILES string of the molecule is CCCCc1cc(C#N)c(NC=O)s1. The van der Waals surface area contributed by atoms with Gasteiger partial charge in [-0.3, -0.25) is 4.79 Å². The van der Waals surface area contributed by atoms with Gasteiger partial charge in [0.05, 0.1) is 5.56 Å². The van der Waals surface area contributed by atoms with Gasteiger partial charge in [0.15, 0.2) is 0 Å². The number of amides is 1. The van der Waals surface area contributed by atoms with Crippen LogP contribution < -0.4 is 5.32 Å². The van der Waals surface area contributed by atoms with Crippen LogP contribution in [0.25, 0.3) is 0 Å². The molecule has 0 aliphatic heterocycles. The van der Waals surface area contributed by atoms with Gasteiger partial charge in [0, 0.05) is 4.88 Å². The van der Waals surface area contributed by atoms with E-state index in [0.29, 0.717) is 17.0 Å². The summed E-state index contributed by atoms with van der Waals surface area (Å²) in [5.41, 5.74) is 0.563. The van der Waals surface area contributed by atoms with Crippen LogP contribution in [0.4, 0.5) is 5.00 Å². The Bertz CT molecular complexity index is 351. The van der Waals surface area contributed by atoms with Gasteiger partial charge in [-0.05, 0) is 18.9 Å². The molecule has 0 fully saturated rings. The quantitative estimate of drug-likeness (QED) is 0.756. The molecule has 0 spiro atoms. The van der Waals surface area contributed by atoms with E-state index in [1.165, 1.54) is 11.3 Å². The van der Waals surface area contributed by atoms with Crippen LogP contribution in [0, 0.1) is 11.3 Å². The summed E-state index contributed by atoms with van der Waals surface area (Å²) in [7, 11) is 0. The van der Waals surface area contributed by atoms with Crippen molar-refractivity contribution in [1.82, 2.24) is 0 Å². The van der Waals surface area contributed by atoms with Crippen molar-refractivity contribution in [3.05, 3.63) is 16.5 Å². The zero-order valence-electron chi connectivity index (χ0n) is 8.04. The van der Waals surface area contributed by atoms with E-state index < -0.39 is 0 Å². The number of nitrogens with one attached hydrogen (secondary N) is 1. The molecule has 1 aromatic heterocycles. The smallest absolute Gasteiger partial charge is 0.212 e. The lowest BCUT2D eigenvalue weighted by molar-refractivity contribution is -0.105. The molecule has 0 atom stereocenters. The first kappa shape index (κ1) is 10.7. The number of hydrogen-bond donors (Lipinski definition) is 1. The number of nitrogens with zero attached hydrogens (tertiary/aromatic N) is 1. The molecule has 1 heterocycles. The molecule has 0 aromatic carbocycles. The van der Waals surface area contributed by atoms with Crippen LogP contribution in [0.2, 0.25) is 0 Å². The Balaban J connectivity index is 2.79. The van der Waals surface area contributed by atoms with Gasteiger partial charge < -0.3 is 5.32 Å². The predicted octanol–water partition coefficient (Wildman–Crippen LogP) is 2.53. The Hall–Kier alpha value is -1.34. The normalized spacial score (nSPS) is 9.43. The fraction of sp³-hybridized carbons (Fsp3) is 0.400. The minimum Gasteiger partial charge on any atom is -0.319 e. The van der Waals surface area contributed by atoms with E-state index in [-0.39, 0.29) is 0 Å². The van der Waals surface area contributed by atoms with Gasteiger partial charge in [0.25, 0.3) is 0 Å². The number of aryl methyl sites for hydroxylation is 1. The van der Waals surface area contributed by atoms with Crippen molar-refractivity contribution in [2.75, 3.05) is 5.32 Å². The number of hydrogen-bond acceptors (Lipinski definition) is 3. The summed E-state index contributed by atoms with van der Waals surface area (Å²) < 4.78 is 0. The number of nitriles is 1. The second-order valence-electron chi connectivity index (χ2n) is 2.93. The number of anilines is 1. The second kappa shape index (κ2) is 5.40. The largest absolute Gasteiger partial charge is 0.319 e. The standard InChI is InChI=1S/C10H12N2OS/c1-2-3-4-9-5-8(6-11)10(14-9)12-7-13/h5,7H,2-4H2,1H3,(H,12,13). The van der Waals surface area contributed by atoms with Crippen molar-refractivity contribution in [1.29, 1.82) is 5.26 Å². The number of carbonyl (C=O) groups excluding carboxylic acids is 1. The maximum absolute atomic E-state index is 10.3. The molecule has 74 valence electrons. The molecule has 1 amide bonds. The van der Waals surface area contributed by atoms with Crippen molar-refractivity contribution in [2.45, 2.75) is 26.2 Å². The Labute approximate surface area is 87.4 Å². The van der Waals surface area contributed by atoms with E-state index in [1.54, 1.807) is 0 Å². The number of rotatable bonds is 5. The van der Waals surface area contributed by atoms with E-state index in [9.17, 15) is 4.79 Å². The van der Waals surface area contributed by atoms with Gasteiger partial charge in [-0.1, -0.05) is 13.3 Å². The molecule has 0 unspecified atom stereocenters. The van der Waals surface area contributed by atoms with Gasteiger partial charge in [-0.2, -0.15) is 5.26 Å². The highest BCUT2D eigenvalue weighted by atomic mass is 32.1. The van der Waals surface area contributed by atoms with Gasteiger partial charge >= 0.3 is 0 Å². The fourth-order valence-corrected chi connectivity index (χ4v) is 2.17.